The van der Waals surface area contributed by atoms with Gasteiger partial charge in [0.05, 0.1) is 11.6 Å². The predicted octanol–water partition coefficient (Wildman–Crippen LogP) is 3.02. The van der Waals surface area contributed by atoms with E-state index in [1.165, 1.54) is 18.4 Å². The standard InChI is InChI=1S/C16H24ClNO3/c1-19-7-2-8-20-9-10-21-16-6-3-13(11-15(16)17)12-18-14-4-5-14/h3,6,11,14,18H,2,4-5,7-10,12H2,1H3. The van der Waals surface area contributed by atoms with Crippen LogP contribution in [-0.2, 0) is 16.0 Å². The highest BCUT2D eigenvalue weighted by atomic mass is 35.5. The van der Waals surface area contributed by atoms with Crippen LogP contribution in [0.3, 0.4) is 0 Å². The summed E-state index contributed by atoms with van der Waals surface area (Å²) in [5, 5.41) is 4.12. The molecule has 0 aromatic heterocycles. The van der Waals surface area contributed by atoms with Crippen LogP contribution in [0.15, 0.2) is 18.2 Å². The lowest BCUT2D eigenvalue weighted by Crippen LogP contribution is -2.15. The van der Waals surface area contributed by atoms with Crippen LogP contribution in [0.25, 0.3) is 0 Å². The molecule has 0 saturated heterocycles. The van der Waals surface area contributed by atoms with Crippen LogP contribution >= 0.6 is 11.6 Å². The van der Waals surface area contributed by atoms with Gasteiger partial charge < -0.3 is 19.5 Å². The summed E-state index contributed by atoms with van der Waals surface area (Å²) >= 11 is 6.23. The molecule has 1 aromatic rings. The Kier molecular flexibility index (Phi) is 7.30. The lowest BCUT2D eigenvalue weighted by Gasteiger charge is -2.10. The fourth-order valence-corrected chi connectivity index (χ4v) is 2.20. The number of hydrogen-bond donors (Lipinski definition) is 1. The number of nitrogens with one attached hydrogen (secondary N) is 1. The van der Waals surface area contributed by atoms with Crippen molar-refractivity contribution in [3.05, 3.63) is 28.8 Å². The van der Waals surface area contributed by atoms with E-state index in [-0.39, 0.29) is 0 Å². The monoisotopic (exact) mass is 313 g/mol. The maximum atomic E-state index is 6.23. The molecule has 5 heteroatoms. The molecule has 2 rings (SSSR count). The predicted molar refractivity (Wildman–Crippen MR) is 84.1 cm³/mol. The first kappa shape index (κ1) is 16.6. The zero-order valence-electron chi connectivity index (χ0n) is 12.6. The zero-order valence-corrected chi connectivity index (χ0v) is 13.3. The maximum Gasteiger partial charge on any atom is 0.138 e. The van der Waals surface area contributed by atoms with Crippen molar-refractivity contribution in [2.45, 2.75) is 31.8 Å². The van der Waals surface area contributed by atoms with E-state index in [2.05, 4.69) is 11.4 Å². The molecule has 0 bridgehead atoms. The summed E-state index contributed by atoms with van der Waals surface area (Å²) in [5.41, 5.74) is 1.19. The van der Waals surface area contributed by atoms with Crippen molar-refractivity contribution in [1.29, 1.82) is 0 Å². The van der Waals surface area contributed by atoms with Gasteiger partial charge in [-0.25, -0.2) is 0 Å². The molecule has 0 amide bonds. The van der Waals surface area contributed by atoms with Crippen molar-refractivity contribution >= 4 is 11.6 Å². The number of halogens is 1. The summed E-state index contributed by atoms with van der Waals surface area (Å²) in [6.07, 6.45) is 3.48. The fraction of sp³-hybridized carbons (Fsp3) is 0.625. The van der Waals surface area contributed by atoms with Crippen LogP contribution in [-0.4, -0.2) is 39.6 Å². The Morgan fingerprint density at radius 1 is 1.19 bits per heavy atom. The molecular weight excluding hydrogens is 290 g/mol. The second-order valence-electron chi connectivity index (χ2n) is 5.23. The topological polar surface area (TPSA) is 39.7 Å². The van der Waals surface area contributed by atoms with Crippen molar-refractivity contribution in [2.24, 2.45) is 0 Å². The molecule has 0 aliphatic heterocycles. The molecule has 0 atom stereocenters. The van der Waals surface area contributed by atoms with Gasteiger partial charge in [0.1, 0.15) is 12.4 Å². The summed E-state index contributed by atoms with van der Waals surface area (Å²) in [4.78, 5) is 0. The van der Waals surface area contributed by atoms with Crippen molar-refractivity contribution in [3.8, 4) is 5.75 Å². The quantitative estimate of drug-likeness (QED) is 0.637. The normalized spacial score (nSPS) is 14.4. The van der Waals surface area contributed by atoms with Crippen molar-refractivity contribution in [3.63, 3.8) is 0 Å². The third-order valence-electron chi connectivity index (χ3n) is 3.29. The molecular formula is C16H24ClNO3. The highest BCUT2D eigenvalue weighted by Crippen LogP contribution is 2.26. The average molecular weight is 314 g/mol. The molecule has 21 heavy (non-hydrogen) atoms. The molecule has 0 unspecified atom stereocenters. The zero-order chi connectivity index (χ0) is 14.9. The van der Waals surface area contributed by atoms with Crippen LogP contribution in [0.2, 0.25) is 5.02 Å². The summed E-state index contributed by atoms with van der Waals surface area (Å²) in [6.45, 7) is 3.35. The highest BCUT2D eigenvalue weighted by Gasteiger charge is 2.19. The van der Waals surface area contributed by atoms with Crippen LogP contribution < -0.4 is 10.1 Å². The van der Waals surface area contributed by atoms with E-state index in [0.717, 1.165) is 19.6 Å². The smallest absolute Gasteiger partial charge is 0.138 e. The minimum absolute atomic E-state index is 0.506. The van der Waals surface area contributed by atoms with E-state index in [0.29, 0.717) is 36.6 Å². The third-order valence-corrected chi connectivity index (χ3v) is 3.59. The van der Waals surface area contributed by atoms with Gasteiger partial charge in [0.15, 0.2) is 0 Å². The van der Waals surface area contributed by atoms with Crippen LogP contribution in [0.4, 0.5) is 0 Å². The first-order valence-corrected chi connectivity index (χ1v) is 7.88. The number of rotatable bonds is 11. The van der Waals surface area contributed by atoms with Gasteiger partial charge in [-0.2, -0.15) is 0 Å². The number of hydrogen-bond acceptors (Lipinski definition) is 4. The van der Waals surface area contributed by atoms with E-state index >= 15 is 0 Å². The van der Waals surface area contributed by atoms with E-state index in [1.54, 1.807) is 7.11 Å². The lowest BCUT2D eigenvalue weighted by molar-refractivity contribution is 0.0807. The lowest BCUT2D eigenvalue weighted by atomic mass is 10.2. The van der Waals surface area contributed by atoms with Gasteiger partial charge in [0, 0.05) is 32.9 Å². The van der Waals surface area contributed by atoms with Gasteiger partial charge in [0.25, 0.3) is 0 Å². The Labute approximate surface area is 131 Å². The molecule has 0 radical (unpaired) electrons. The molecule has 0 spiro atoms. The van der Waals surface area contributed by atoms with Crippen LogP contribution in [0, 0.1) is 0 Å². The first-order valence-electron chi connectivity index (χ1n) is 7.51. The van der Waals surface area contributed by atoms with E-state index in [9.17, 15) is 0 Å². The minimum Gasteiger partial charge on any atom is -0.490 e. The van der Waals surface area contributed by atoms with E-state index < -0.39 is 0 Å². The van der Waals surface area contributed by atoms with Gasteiger partial charge in [-0.1, -0.05) is 17.7 Å². The van der Waals surface area contributed by atoms with Crippen molar-refractivity contribution in [1.82, 2.24) is 5.32 Å². The Morgan fingerprint density at radius 3 is 2.76 bits per heavy atom. The Bertz CT molecular complexity index is 424. The molecule has 1 aliphatic carbocycles. The minimum atomic E-state index is 0.506. The van der Waals surface area contributed by atoms with Crippen molar-refractivity contribution in [2.75, 3.05) is 33.5 Å². The third kappa shape index (κ3) is 6.66. The van der Waals surface area contributed by atoms with Crippen LogP contribution in [0.1, 0.15) is 24.8 Å². The van der Waals surface area contributed by atoms with Gasteiger partial charge in [-0.05, 0) is 37.0 Å². The molecule has 1 saturated carbocycles. The molecule has 1 aliphatic rings. The summed E-state index contributed by atoms with van der Waals surface area (Å²) in [7, 11) is 1.69. The molecule has 0 heterocycles. The average Bonchev–Trinajstić information content (AvgIpc) is 3.30. The molecule has 1 fully saturated rings. The summed E-state index contributed by atoms with van der Waals surface area (Å²) in [6, 6.07) is 6.65. The molecule has 118 valence electrons. The van der Waals surface area contributed by atoms with Crippen molar-refractivity contribution < 1.29 is 14.2 Å². The number of benzene rings is 1. The largest absolute Gasteiger partial charge is 0.490 e. The SMILES string of the molecule is COCCCOCCOc1ccc(CNC2CC2)cc1Cl. The van der Waals surface area contributed by atoms with E-state index in [4.69, 9.17) is 25.8 Å². The van der Waals surface area contributed by atoms with E-state index in [1.807, 2.05) is 12.1 Å². The number of methoxy groups -OCH3 is 1. The number of ether oxygens (including phenoxy) is 3. The highest BCUT2D eigenvalue weighted by molar-refractivity contribution is 6.32. The Balaban J connectivity index is 1.63. The second-order valence-corrected chi connectivity index (χ2v) is 5.63. The molecule has 1 N–H and O–H groups in total. The van der Waals surface area contributed by atoms with Crippen LogP contribution in [0.5, 0.6) is 5.75 Å². The molecule has 1 aromatic carbocycles. The first-order chi connectivity index (χ1) is 10.3. The molecule has 4 nitrogen and oxygen atoms in total. The van der Waals surface area contributed by atoms with Gasteiger partial charge in [0.2, 0.25) is 0 Å². The van der Waals surface area contributed by atoms with Gasteiger partial charge >= 0.3 is 0 Å². The summed E-state index contributed by atoms with van der Waals surface area (Å²) in [5.74, 6) is 0.715. The van der Waals surface area contributed by atoms with Gasteiger partial charge in [-0.15, -0.1) is 0 Å². The Morgan fingerprint density at radius 2 is 2.05 bits per heavy atom. The van der Waals surface area contributed by atoms with Gasteiger partial charge in [-0.3, -0.25) is 0 Å². The summed E-state index contributed by atoms with van der Waals surface area (Å²) < 4.78 is 16.0. The second kappa shape index (κ2) is 9.26. The fourth-order valence-electron chi connectivity index (χ4n) is 1.94. The Hall–Kier alpha value is -0.810. The maximum absolute atomic E-state index is 6.23.